The van der Waals surface area contributed by atoms with Crippen molar-refractivity contribution in [1.82, 2.24) is 24.3 Å². The number of nitrogens with zero attached hydrogens (tertiary/aromatic N) is 5. The molecule has 0 spiro atoms. The highest BCUT2D eigenvalue weighted by atomic mass is 35.5. The highest BCUT2D eigenvalue weighted by molar-refractivity contribution is 6.30. The fourth-order valence-corrected chi connectivity index (χ4v) is 4.80. The molecule has 0 N–H and O–H groups in total. The van der Waals surface area contributed by atoms with E-state index in [4.69, 9.17) is 16.6 Å². The van der Waals surface area contributed by atoms with Crippen LogP contribution in [0.5, 0.6) is 0 Å². The van der Waals surface area contributed by atoms with Crippen LogP contribution < -0.4 is 0 Å². The van der Waals surface area contributed by atoms with E-state index in [-0.39, 0.29) is 53.6 Å². The van der Waals surface area contributed by atoms with Gasteiger partial charge in [0.15, 0.2) is 0 Å². The SMILES string of the molecule is CN(C)C(=O)CN1CCN(C(=O)c2ccc3c(-c4ccc(Cl)c(F)c4)cn(C(C)(C)C)c3n2)C(C)(C)C1=O. The highest BCUT2D eigenvalue weighted by Gasteiger charge is 2.45. The van der Waals surface area contributed by atoms with E-state index >= 15 is 0 Å². The minimum absolute atomic E-state index is 0.0331. The molecule has 2 aromatic heterocycles. The van der Waals surface area contributed by atoms with Crippen LogP contribution in [0.25, 0.3) is 22.2 Å². The summed E-state index contributed by atoms with van der Waals surface area (Å²) in [7, 11) is 3.28. The van der Waals surface area contributed by atoms with E-state index in [0.29, 0.717) is 11.2 Å². The molecule has 1 aliphatic heterocycles. The molecule has 1 saturated heterocycles. The Hall–Kier alpha value is -3.46. The number of benzene rings is 1. The van der Waals surface area contributed by atoms with Gasteiger partial charge in [0, 0.05) is 49.9 Å². The van der Waals surface area contributed by atoms with Crippen LogP contribution in [-0.4, -0.2) is 81.2 Å². The van der Waals surface area contributed by atoms with E-state index in [2.05, 4.69) is 0 Å². The summed E-state index contributed by atoms with van der Waals surface area (Å²) >= 11 is 5.89. The first-order valence-electron chi connectivity index (χ1n) is 12.4. The molecule has 1 aromatic carbocycles. The molecule has 0 unspecified atom stereocenters. The maximum atomic E-state index is 14.3. The fraction of sp³-hybridized carbons (Fsp3) is 0.429. The van der Waals surface area contributed by atoms with Gasteiger partial charge in [-0.15, -0.1) is 0 Å². The number of amides is 3. The van der Waals surface area contributed by atoms with Gasteiger partial charge in [-0.05, 0) is 64.4 Å². The molecular formula is C28H33ClFN5O3. The fourth-order valence-electron chi connectivity index (χ4n) is 4.68. The molecule has 0 bridgehead atoms. The standard InChI is InChI=1S/C28H33ClFN5O3/c1-27(2,3)35-15-19(17-8-10-20(29)21(30)14-17)18-9-11-22(31-24(18)35)25(37)34-13-12-33(16-23(36)32(6)7)26(38)28(34,4)5/h8-11,14-15H,12-13,16H2,1-7H3. The lowest BCUT2D eigenvalue weighted by Crippen LogP contribution is -2.65. The molecular weight excluding hydrogens is 509 g/mol. The van der Waals surface area contributed by atoms with Crippen molar-refractivity contribution in [3.63, 3.8) is 0 Å². The van der Waals surface area contributed by atoms with Crippen molar-refractivity contribution in [3.05, 3.63) is 53.1 Å². The topological polar surface area (TPSA) is 78.8 Å². The Balaban J connectivity index is 1.72. The van der Waals surface area contributed by atoms with Crippen molar-refractivity contribution in [2.45, 2.75) is 45.7 Å². The summed E-state index contributed by atoms with van der Waals surface area (Å²) < 4.78 is 16.2. The van der Waals surface area contributed by atoms with Gasteiger partial charge < -0.3 is 19.3 Å². The number of hydrogen-bond donors (Lipinski definition) is 0. The summed E-state index contributed by atoms with van der Waals surface area (Å²) in [4.78, 5) is 48.4. The normalized spacial score (nSPS) is 15.8. The molecule has 0 saturated carbocycles. The molecule has 8 nitrogen and oxygen atoms in total. The van der Waals surface area contributed by atoms with Crippen LogP contribution in [0.1, 0.15) is 45.1 Å². The predicted octanol–water partition coefficient (Wildman–Crippen LogP) is 4.40. The molecule has 38 heavy (non-hydrogen) atoms. The number of aromatic nitrogens is 2. The van der Waals surface area contributed by atoms with Crippen LogP contribution >= 0.6 is 11.6 Å². The van der Waals surface area contributed by atoms with Crippen molar-refractivity contribution in [3.8, 4) is 11.1 Å². The maximum Gasteiger partial charge on any atom is 0.273 e. The maximum absolute atomic E-state index is 14.3. The van der Waals surface area contributed by atoms with Gasteiger partial charge in [-0.3, -0.25) is 14.4 Å². The van der Waals surface area contributed by atoms with Crippen LogP contribution in [0, 0.1) is 5.82 Å². The summed E-state index contributed by atoms with van der Waals surface area (Å²) in [5, 5.41) is 0.809. The Morgan fingerprint density at radius 2 is 1.82 bits per heavy atom. The Bertz CT molecular complexity index is 1440. The average molecular weight is 542 g/mol. The second-order valence-corrected chi connectivity index (χ2v) is 11.7. The van der Waals surface area contributed by atoms with E-state index in [1.807, 2.05) is 31.5 Å². The quantitative estimate of drug-likeness (QED) is 0.490. The van der Waals surface area contributed by atoms with Crippen LogP contribution in [0.3, 0.4) is 0 Å². The van der Waals surface area contributed by atoms with Gasteiger partial charge in [0.1, 0.15) is 22.7 Å². The molecule has 0 atom stereocenters. The number of pyridine rings is 1. The van der Waals surface area contributed by atoms with E-state index in [1.165, 1.54) is 26.8 Å². The zero-order valence-electron chi connectivity index (χ0n) is 22.8. The third-order valence-corrected chi connectivity index (χ3v) is 7.28. The number of hydrogen-bond acceptors (Lipinski definition) is 4. The molecule has 0 radical (unpaired) electrons. The average Bonchev–Trinajstić information content (AvgIpc) is 3.23. The molecule has 3 aromatic rings. The third kappa shape index (κ3) is 4.87. The summed E-state index contributed by atoms with van der Waals surface area (Å²) in [6.07, 6.45) is 1.91. The molecule has 3 heterocycles. The minimum atomic E-state index is -1.16. The second-order valence-electron chi connectivity index (χ2n) is 11.3. The van der Waals surface area contributed by atoms with Gasteiger partial charge in [-0.25, -0.2) is 9.37 Å². The first-order valence-corrected chi connectivity index (χ1v) is 12.8. The first-order chi connectivity index (χ1) is 17.6. The van der Waals surface area contributed by atoms with Crippen molar-refractivity contribution in [2.24, 2.45) is 0 Å². The lowest BCUT2D eigenvalue weighted by atomic mass is 9.96. The van der Waals surface area contributed by atoms with Gasteiger partial charge >= 0.3 is 0 Å². The van der Waals surface area contributed by atoms with E-state index in [9.17, 15) is 18.8 Å². The first kappa shape index (κ1) is 27.6. The van der Waals surface area contributed by atoms with Crippen molar-refractivity contribution >= 4 is 40.4 Å². The Labute approximate surface area is 227 Å². The molecule has 4 rings (SSSR count). The Morgan fingerprint density at radius 1 is 1.13 bits per heavy atom. The van der Waals surface area contributed by atoms with Crippen LogP contribution in [0.2, 0.25) is 5.02 Å². The largest absolute Gasteiger partial charge is 0.347 e. The lowest BCUT2D eigenvalue weighted by molar-refractivity contribution is -0.150. The number of fused-ring (bicyclic) bond motifs is 1. The molecule has 1 fully saturated rings. The molecule has 202 valence electrons. The lowest BCUT2D eigenvalue weighted by Gasteiger charge is -2.45. The van der Waals surface area contributed by atoms with Crippen molar-refractivity contribution < 1.29 is 18.8 Å². The summed E-state index contributed by atoms with van der Waals surface area (Å²) in [5.41, 5.74) is 0.663. The van der Waals surface area contributed by atoms with Gasteiger partial charge in [-0.2, -0.15) is 0 Å². The molecule has 1 aliphatic rings. The second kappa shape index (κ2) is 9.69. The van der Waals surface area contributed by atoms with Crippen LogP contribution in [-0.2, 0) is 15.1 Å². The third-order valence-electron chi connectivity index (χ3n) is 6.97. The van der Waals surface area contributed by atoms with Gasteiger partial charge in [0.05, 0.1) is 11.6 Å². The van der Waals surface area contributed by atoms with Gasteiger partial charge in [0.25, 0.3) is 5.91 Å². The van der Waals surface area contributed by atoms with Crippen molar-refractivity contribution in [2.75, 3.05) is 33.7 Å². The number of halogens is 2. The number of carbonyl (C=O) groups excluding carboxylic acids is 3. The smallest absolute Gasteiger partial charge is 0.273 e. The van der Waals surface area contributed by atoms with Crippen LogP contribution in [0.4, 0.5) is 4.39 Å². The number of rotatable bonds is 4. The number of likely N-dealkylation sites (N-methyl/N-ethyl adjacent to an activating group) is 1. The summed E-state index contributed by atoms with van der Waals surface area (Å²) in [6, 6.07) is 8.10. The summed E-state index contributed by atoms with van der Waals surface area (Å²) in [5.74, 6) is -1.36. The number of piperazine rings is 1. The Morgan fingerprint density at radius 3 is 2.42 bits per heavy atom. The molecule has 10 heteroatoms. The zero-order valence-corrected chi connectivity index (χ0v) is 23.6. The predicted molar refractivity (Wildman–Crippen MR) is 146 cm³/mol. The highest BCUT2D eigenvalue weighted by Crippen LogP contribution is 2.35. The van der Waals surface area contributed by atoms with Crippen molar-refractivity contribution in [1.29, 1.82) is 0 Å². The van der Waals surface area contributed by atoms with E-state index in [0.717, 1.165) is 10.9 Å². The minimum Gasteiger partial charge on any atom is -0.347 e. The summed E-state index contributed by atoms with van der Waals surface area (Å²) in [6.45, 7) is 9.91. The number of carbonyl (C=O) groups is 3. The van der Waals surface area contributed by atoms with Crippen LogP contribution in [0.15, 0.2) is 36.5 Å². The molecule has 0 aliphatic carbocycles. The molecule has 3 amide bonds. The van der Waals surface area contributed by atoms with Gasteiger partial charge in [0.2, 0.25) is 11.8 Å². The van der Waals surface area contributed by atoms with E-state index < -0.39 is 11.4 Å². The monoisotopic (exact) mass is 541 g/mol. The van der Waals surface area contributed by atoms with Gasteiger partial charge in [-0.1, -0.05) is 17.7 Å². The van der Waals surface area contributed by atoms with E-state index in [1.54, 1.807) is 46.1 Å². The zero-order chi connectivity index (χ0) is 28.2. The Kier molecular flexibility index (Phi) is 7.03.